The van der Waals surface area contributed by atoms with Gasteiger partial charge in [-0.2, -0.15) is 13.5 Å². The largest absolute Gasteiger partial charge is 0.490 e. The van der Waals surface area contributed by atoms with Gasteiger partial charge in [0.25, 0.3) is 5.69 Å². The van der Waals surface area contributed by atoms with Crippen LogP contribution >= 0.6 is 11.6 Å². The standard InChI is InChI=1S/C21H17ClN4O8S/c1-2-33-20-11-14(10-17(22)21(20)34-35(31,32)16-6-4-3-5-7-16)13-23-24-18-9-8-15(25(27)28)12-19(18)26(29)30/h3-13,24H,2H2,1H3/b23-13-. The number of nitro groups is 2. The summed E-state index contributed by atoms with van der Waals surface area (Å²) < 4.78 is 35.9. The summed E-state index contributed by atoms with van der Waals surface area (Å²) in [5, 5.41) is 25.9. The fraction of sp³-hybridized carbons (Fsp3) is 0.0952. The molecule has 0 heterocycles. The van der Waals surface area contributed by atoms with Crippen molar-refractivity contribution in [1.82, 2.24) is 0 Å². The predicted octanol–water partition coefficient (Wildman–Crippen LogP) is 4.77. The van der Waals surface area contributed by atoms with E-state index in [1.165, 1.54) is 30.5 Å². The molecule has 0 aromatic heterocycles. The van der Waals surface area contributed by atoms with Gasteiger partial charge in [-0.25, -0.2) is 0 Å². The van der Waals surface area contributed by atoms with Crippen LogP contribution in [0.25, 0.3) is 0 Å². The van der Waals surface area contributed by atoms with Gasteiger partial charge in [0.2, 0.25) is 5.75 Å². The summed E-state index contributed by atoms with van der Waals surface area (Å²) in [5.74, 6) is -0.184. The summed E-state index contributed by atoms with van der Waals surface area (Å²) in [4.78, 5) is 20.5. The molecule has 12 nitrogen and oxygen atoms in total. The topological polar surface area (TPSA) is 163 Å². The Labute approximate surface area is 204 Å². The van der Waals surface area contributed by atoms with Crippen molar-refractivity contribution in [2.24, 2.45) is 5.10 Å². The molecule has 0 unspecified atom stereocenters. The number of hydrazone groups is 1. The third kappa shape index (κ3) is 6.22. The van der Waals surface area contributed by atoms with Crippen molar-refractivity contribution >= 4 is 45.0 Å². The molecule has 0 bridgehead atoms. The minimum Gasteiger partial charge on any atom is -0.490 e. The Hall–Kier alpha value is -4.23. The molecule has 182 valence electrons. The number of nitrogens with zero attached hydrogens (tertiary/aromatic N) is 3. The first-order valence-electron chi connectivity index (χ1n) is 9.80. The van der Waals surface area contributed by atoms with Crippen LogP contribution in [0.15, 0.2) is 70.7 Å². The first kappa shape index (κ1) is 25.4. The zero-order valence-corrected chi connectivity index (χ0v) is 19.5. The van der Waals surface area contributed by atoms with E-state index in [0.717, 1.165) is 18.2 Å². The Bertz CT molecular complexity index is 1400. The fourth-order valence-electron chi connectivity index (χ4n) is 2.81. The summed E-state index contributed by atoms with van der Waals surface area (Å²) in [6.45, 7) is 1.85. The number of hydrogen-bond donors (Lipinski definition) is 1. The van der Waals surface area contributed by atoms with Gasteiger partial charge >= 0.3 is 15.8 Å². The van der Waals surface area contributed by atoms with Crippen LogP contribution in [0.2, 0.25) is 5.02 Å². The number of halogens is 1. The predicted molar refractivity (Wildman–Crippen MR) is 128 cm³/mol. The molecule has 14 heteroatoms. The van der Waals surface area contributed by atoms with E-state index in [-0.39, 0.29) is 33.7 Å². The van der Waals surface area contributed by atoms with Crippen LogP contribution in [0.4, 0.5) is 17.1 Å². The van der Waals surface area contributed by atoms with Crippen LogP contribution in [0.1, 0.15) is 12.5 Å². The van der Waals surface area contributed by atoms with E-state index in [9.17, 15) is 28.6 Å². The lowest BCUT2D eigenvalue weighted by Crippen LogP contribution is -2.11. The molecular formula is C21H17ClN4O8S. The average molecular weight is 521 g/mol. The van der Waals surface area contributed by atoms with Crippen molar-refractivity contribution in [2.75, 3.05) is 12.0 Å². The van der Waals surface area contributed by atoms with Crippen LogP contribution in [0.3, 0.4) is 0 Å². The van der Waals surface area contributed by atoms with Crippen LogP contribution < -0.4 is 14.3 Å². The Morgan fingerprint density at radius 3 is 2.40 bits per heavy atom. The molecule has 3 aromatic carbocycles. The van der Waals surface area contributed by atoms with Gasteiger partial charge in [-0.3, -0.25) is 25.7 Å². The maximum atomic E-state index is 12.6. The molecule has 0 aliphatic heterocycles. The SMILES string of the molecule is CCOc1cc(/C=N\Nc2ccc([N+](=O)[O-])cc2[N+](=O)[O-])cc(Cl)c1OS(=O)(=O)c1ccccc1. The molecule has 0 saturated heterocycles. The van der Waals surface area contributed by atoms with E-state index in [1.54, 1.807) is 25.1 Å². The van der Waals surface area contributed by atoms with E-state index in [0.29, 0.717) is 5.56 Å². The Morgan fingerprint density at radius 2 is 1.77 bits per heavy atom. The van der Waals surface area contributed by atoms with Gasteiger partial charge in [0.15, 0.2) is 5.75 Å². The summed E-state index contributed by atoms with van der Waals surface area (Å²) in [6, 6.07) is 13.3. The molecule has 0 amide bonds. The first-order valence-corrected chi connectivity index (χ1v) is 11.6. The number of rotatable bonds is 10. The average Bonchev–Trinajstić information content (AvgIpc) is 2.82. The zero-order valence-electron chi connectivity index (χ0n) is 18.0. The van der Waals surface area contributed by atoms with Crippen molar-refractivity contribution < 1.29 is 27.2 Å². The number of non-ortho nitro benzene ring substituents is 1. The summed E-state index contributed by atoms with van der Waals surface area (Å²) in [5.41, 5.74) is 1.73. The van der Waals surface area contributed by atoms with Gasteiger partial charge in [-0.05, 0) is 42.8 Å². The highest BCUT2D eigenvalue weighted by Crippen LogP contribution is 2.38. The van der Waals surface area contributed by atoms with E-state index in [4.69, 9.17) is 20.5 Å². The Balaban J connectivity index is 1.88. The summed E-state index contributed by atoms with van der Waals surface area (Å²) in [6.07, 6.45) is 1.25. The third-order valence-electron chi connectivity index (χ3n) is 4.34. The van der Waals surface area contributed by atoms with Gasteiger partial charge < -0.3 is 8.92 Å². The van der Waals surface area contributed by atoms with Crippen molar-refractivity contribution in [3.05, 3.63) is 91.5 Å². The van der Waals surface area contributed by atoms with Crippen molar-refractivity contribution in [1.29, 1.82) is 0 Å². The van der Waals surface area contributed by atoms with Gasteiger partial charge in [-0.15, -0.1) is 0 Å². The summed E-state index contributed by atoms with van der Waals surface area (Å²) in [7, 11) is -4.19. The Morgan fingerprint density at radius 1 is 1.06 bits per heavy atom. The molecule has 35 heavy (non-hydrogen) atoms. The molecule has 0 saturated carbocycles. The van der Waals surface area contributed by atoms with Crippen LogP contribution in [0, 0.1) is 20.2 Å². The van der Waals surface area contributed by atoms with Gasteiger partial charge in [0, 0.05) is 6.07 Å². The quantitative estimate of drug-likeness (QED) is 0.171. The number of nitrogens with one attached hydrogen (secondary N) is 1. The second-order valence-electron chi connectivity index (χ2n) is 6.70. The van der Waals surface area contributed by atoms with Gasteiger partial charge in [0.05, 0.1) is 33.8 Å². The number of ether oxygens (including phenoxy) is 1. The molecule has 0 spiro atoms. The highest BCUT2D eigenvalue weighted by atomic mass is 35.5. The van der Waals surface area contributed by atoms with Crippen molar-refractivity contribution in [3.63, 3.8) is 0 Å². The number of benzene rings is 3. The lowest BCUT2D eigenvalue weighted by molar-refractivity contribution is -0.393. The van der Waals surface area contributed by atoms with E-state index in [1.807, 2.05) is 0 Å². The fourth-order valence-corrected chi connectivity index (χ4v) is 4.09. The van der Waals surface area contributed by atoms with Crippen LogP contribution in [-0.2, 0) is 10.1 Å². The second kappa shape index (κ2) is 10.8. The minimum absolute atomic E-state index is 0.0299. The lowest BCUT2D eigenvalue weighted by Gasteiger charge is -2.14. The van der Waals surface area contributed by atoms with E-state index in [2.05, 4.69) is 10.5 Å². The number of nitro benzene ring substituents is 2. The maximum Gasteiger partial charge on any atom is 0.339 e. The highest BCUT2D eigenvalue weighted by Gasteiger charge is 2.22. The smallest absolute Gasteiger partial charge is 0.339 e. The zero-order chi connectivity index (χ0) is 25.6. The number of anilines is 1. The van der Waals surface area contributed by atoms with E-state index < -0.39 is 31.3 Å². The third-order valence-corrected chi connectivity index (χ3v) is 5.86. The molecule has 0 aliphatic rings. The van der Waals surface area contributed by atoms with E-state index >= 15 is 0 Å². The van der Waals surface area contributed by atoms with Gasteiger partial charge in [0.1, 0.15) is 10.6 Å². The van der Waals surface area contributed by atoms with Crippen LogP contribution in [-0.4, -0.2) is 31.1 Å². The molecule has 1 N–H and O–H groups in total. The minimum atomic E-state index is -4.19. The Kier molecular flexibility index (Phi) is 7.83. The molecule has 0 atom stereocenters. The normalized spacial score (nSPS) is 11.3. The molecule has 0 aliphatic carbocycles. The molecule has 0 radical (unpaired) electrons. The van der Waals surface area contributed by atoms with Crippen LogP contribution in [0.5, 0.6) is 11.5 Å². The molecule has 3 rings (SSSR count). The highest BCUT2D eigenvalue weighted by molar-refractivity contribution is 7.87. The first-order chi connectivity index (χ1) is 16.6. The summed E-state index contributed by atoms with van der Waals surface area (Å²) >= 11 is 6.27. The molecule has 3 aromatic rings. The van der Waals surface area contributed by atoms with Crippen molar-refractivity contribution in [2.45, 2.75) is 11.8 Å². The van der Waals surface area contributed by atoms with Gasteiger partial charge in [-0.1, -0.05) is 29.8 Å². The molecule has 0 fully saturated rings. The van der Waals surface area contributed by atoms with Crippen molar-refractivity contribution in [3.8, 4) is 11.5 Å². The lowest BCUT2D eigenvalue weighted by atomic mass is 10.2. The number of hydrogen-bond acceptors (Lipinski definition) is 10. The second-order valence-corrected chi connectivity index (χ2v) is 8.65. The molecular weight excluding hydrogens is 504 g/mol. The monoisotopic (exact) mass is 520 g/mol. The maximum absolute atomic E-state index is 12.6.